The Morgan fingerprint density at radius 2 is 2.36 bits per heavy atom. The number of amides is 1. The number of carbonyl (C=O) groups excluding carboxylic acids is 1. The van der Waals surface area contributed by atoms with Gasteiger partial charge in [0.05, 0.1) is 0 Å². The molecular weight excluding hydrogens is 247 g/mol. The summed E-state index contributed by atoms with van der Waals surface area (Å²) in [5.74, 6) is -0.115. The first kappa shape index (κ1) is 9.99. The van der Waals surface area contributed by atoms with Gasteiger partial charge in [0.15, 0.2) is 0 Å². The summed E-state index contributed by atoms with van der Waals surface area (Å²) in [6.07, 6.45) is 1.89. The van der Waals surface area contributed by atoms with Gasteiger partial charge in [-0.1, -0.05) is 0 Å². The van der Waals surface area contributed by atoms with Crippen LogP contribution in [-0.2, 0) is 4.79 Å². The third-order valence-electron chi connectivity index (χ3n) is 2.89. The van der Waals surface area contributed by atoms with E-state index in [9.17, 15) is 4.79 Å². The maximum absolute atomic E-state index is 11.5. The first-order valence-corrected chi connectivity index (χ1v) is 6.80. The second-order valence-corrected chi connectivity index (χ2v) is 7.58. The second-order valence-electron chi connectivity index (χ2n) is 4.18. The Hall–Kier alpha value is -0.541. The minimum absolute atomic E-state index is 0.105. The molecule has 3 atom stereocenters. The molecule has 5 heteroatoms. The first-order chi connectivity index (χ1) is 6.51. The predicted octanol–water partition coefficient (Wildman–Crippen LogP) is -1.04. The fourth-order valence-electron chi connectivity index (χ4n) is 1.73. The number of aliphatic hydroxyl groups excluding tert-OH is 1. The number of hydrogen-bond acceptors (Lipinski definition) is 1. The molecule has 1 saturated heterocycles. The summed E-state index contributed by atoms with van der Waals surface area (Å²) in [6.45, 7) is 4.10. The second kappa shape index (κ2) is 3.24. The van der Waals surface area contributed by atoms with E-state index in [0.717, 1.165) is 37.4 Å². The van der Waals surface area contributed by atoms with Gasteiger partial charge in [-0.15, -0.1) is 0 Å². The Bertz CT molecular complexity index is 305. The van der Waals surface area contributed by atoms with E-state index < -0.39 is 5.54 Å². The van der Waals surface area contributed by atoms with Gasteiger partial charge in [-0.2, -0.15) is 0 Å². The molecule has 0 aliphatic carbocycles. The fourth-order valence-corrected chi connectivity index (χ4v) is 3.52. The van der Waals surface area contributed by atoms with E-state index in [1.807, 2.05) is 6.92 Å². The molecule has 1 amide bonds. The topological polar surface area (TPSA) is 63.3 Å². The molecule has 4 nitrogen and oxygen atoms in total. The molecule has 2 aliphatic rings. The third kappa shape index (κ3) is 1.79. The zero-order chi connectivity index (χ0) is 10.3. The van der Waals surface area contributed by atoms with Crippen LogP contribution in [-0.4, -0.2) is 37.5 Å². The van der Waals surface area contributed by atoms with Gasteiger partial charge in [-0.05, 0) is 0 Å². The van der Waals surface area contributed by atoms with Crippen molar-refractivity contribution in [2.45, 2.75) is 41.9 Å². The Morgan fingerprint density at radius 3 is 2.79 bits per heavy atom. The van der Waals surface area contributed by atoms with E-state index in [4.69, 9.17) is 5.11 Å². The van der Waals surface area contributed by atoms with Crippen molar-refractivity contribution in [2.75, 3.05) is 0 Å². The maximum atomic E-state index is 11.5. The van der Waals surface area contributed by atoms with E-state index in [-0.39, 0.29) is 11.9 Å². The van der Waals surface area contributed by atoms with E-state index in [2.05, 4.69) is 17.2 Å². The molecule has 0 aromatic heterocycles. The van der Waals surface area contributed by atoms with Crippen molar-refractivity contribution in [2.24, 2.45) is 0 Å². The predicted molar refractivity (Wildman–Crippen MR) is 53.3 cm³/mol. The van der Waals surface area contributed by atoms with Gasteiger partial charge < -0.3 is 0 Å². The molecule has 2 rings (SSSR count). The van der Waals surface area contributed by atoms with E-state index >= 15 is 0 Å². The zero-order valence-corrected chi connectivity index (χ0v) is 10.0. The quantitative estimate of drug-likeness (QED) is 0.569. The SMILES string of the molecule is CC1[Se]C1CCC1(C)[NH+]=C(O)NC1=O. The van der Waals surface area contributed by atoms with E-state index in [1.54, 1.807) is 0 Å². The van der Waals surface area contributed by atoms with Crippen LogP contribution in [0.3, 0.4) is 0 Å². The van der Waals surface area contributed by atoms with Crippen LogP contribution in [0, 0.1) is 0 Å². The van der Waals surface area contributed by atoms with Crippen molar-refractivity contribution in [3.8, 4) is 0 Å². The summed E-state index contributed by atoms with van der Waals surface area (Å²) in [5.41, 5.74) is -0.595. The molecule has 2 aliphatic heterocycles. The Labute approximate surface area is 89.3 Å². The normalized spacial score (nSPS) is 40.7. The van der Waals surface area contributed by atoms with Crippen LogP contribution in [0.1, 0.15) is 26.7 Å². The van der Waals surface area contributed by atoms with Gasteiger partial charge >= 0.3 is 89.0 Å². The summed E-state index contributed by atoms with van der Waals surface area (Å²) < 4.78 is 0. The van der Waals surface area contributed by atoms with Gasteiger partial charge in [0.25, 0.3) is 0 Å². The van der Waals surface area contributed by atoms with Gasteiger partial charge in [-0.25, -0.2) is 0 Å². The molecule has 1 fully saturated rings. The Morgan fingerprint density at radius 1 is 1.71 bits per heavy atom. The fraction of sp³-hybridized carbons (Fsp3) is 0.778. The monoisotopic (exact) mass is 263 g/mol. The van der Waals surface area contributed by atoms with Crippen molar-refractivity contribution >= 4 is 26.9 Å². The van der Waals surface area contributed by atoms with Gasteiger partial charge in [0.2, 0.25) is 0 Å². The number of rotatable bonds is 3. The number of amidine groups is 1. The van der Waals surface area contributed by atoms with Crippen LogP contribution < -0.4 is 10.3 Å². The molecule has 0 bridgehead atoms. The van der Waals surface area contributed by atoms with E-state index in [1.165, 1.54) is 0 Å². The molecule has 0 aromatic rings. The Kier molecular flexibility index (Phi) is 2.32. The summed E-state index contributed by atoms with van der Waals surface area (Å²) in [5, 5.41) is 11.5. The number of aliphatic hydroxyl groups is 1. The molecule has 78 valence electrons. The minimum atomic E-state index is -0.595. The summed E-state index contributed by atoms with van der Waals surface area (Å²) in [7, 11) is 0. The van der Waals surface area contributed by atoms with E-state index in [0.29, 0.717) is 0 Å². The molecule has 3 N–H and O–H groups in total. The zero-order valence-electron chi connectivity index (χ0n) is 8.33. The average Bonchev–Trinajstić information content (AvgIpc) is 2.71. The van der Waals surface area contributed by atoms with Crippen molar-refractivity contribution in [1.29, 1.82) is 0 Å². The van der Waals surface area contributed by atoms with Gasteiger partial charge in [0, 0.05) is 0 Å². The van der Waals surface area contributed by atoms with Gasteiger partial charge in [-0.3, -0.25) is 0 Å². The van der Waals surface area contributed by atoms with Crippen LogP contribution in [0.4, 0.5) is 0 Å². The molecule has 2 heterocycles. The standard InChI is InChI=1S/C9H14N2O2Se/c1-5-6(14-5)3-4-9(2)7(12)10-8(13)11-9/h5-6H,3-4H2,1-2H3,(H2,10,11,12,13)/p+1. The summed E-state index contributed by atoms with van der Waals surface area (Å²) >= 11 is 0.789. The third-order valence-corrected chi connectivity index (χ3v) is 5.91. The molecule has 0 saturated carbocycles. The van der Waals surface area contributed by atoms with Gasteiger partial charge in [0.1, 0.15) is 0 Å². The molecule has 0 radical (unpaired) electrons. The van der Waals surface area contributed by atoms with Crippen LogP contribution in [0.5, 0.6) is 0 Å². The van der Waals surface area contributed by atoms with Crippen molar-refractivity contribution in [3.63, 3.8) is 0 Å². The van der Waals surface area contributed by atoms with Crippen LogP contribution in [0.15, 0.2) is 0 Å². The molecule has 14 heavy (non-hydrogen) atoms. The van der Waals surface area contributed by atoms with Crippen LogP contribution in [0.25, 0.3) is 0 Å². The molecular formula is C9H15N2O2Se+. The average molecular weight is 262 g/mol. The van der Waals surface area contributed by atoms with Crippen molar-refractivity contribution in [1.82, 2.24) is 5.32 Å². The number of nitrogens with one attached hydrogen (secondary N) is 2. The Balaban J connectivity index is 1.92. The molecule has 3 unspecified atom stereocenters. The number of hydrogen-bond donors (Lipinski definition) is 3. The number of carbonyl (C=O) groups is 1. The van der Waals surface area contributed by atoms with Crippen LogP contribution in [0.2, 0.25) is 9.63 Å². The van der Waals surface area contributed by atoms with Crippen molar-refractivity contribution in [3.05, 3.63) is 0 Å². The van der Waals surface area contributed by atoms with Crippen LogP contribution >= 0.6 is 0 Å². The molecule has 0 aromatic carbocycles. The summed E-state index contributed by atoms with van der Waals surface area (Å²) in [4.78, 5) is 16.0. The summed E-state index contributed by atoms with van der Waals surface area (Å²) in [6, 6.07) is -0.105. The molecule has 0 spiro atoms. The first-order valence-electron chi connectivity index (χ1n) is 4.82. The van der Waals surface area contributed by atoms with Crippen molar-refractivity contribution < 1.29 is 14.9 Å².